The maximum Gasteiger partial charge on any atom is 0.442 e. The first-order chi connectivity index (χ1) is 10.6. The van der Waals surface area contributed by atoms with Crippen LogP contribution in [0.15, 0.2) is 44.3 Å². The maximum atomic E-state index is 12.2. The smallest absolute Gasteiger partial charge is 0.347 e. The lowest BCUT2D eigenvalue weighted by atomic mass is 10.3. The number of carbonyl (C=O) groups excluding carboxylic acids is 1. The van der Waals surface area contributed by atoms with Crippen molar-refractivity contribution >= 4 is 28.6 Å². The van der Waals surface area contributed by atoms with E-state index in [0.717, 1.165) is 9.75 Å². The molecular weight excluding hydrogens is 322 g/mol. The molecule has 0 fully saturated rings. The number of hydrogen-bond donors (Lipinski definition) is 1. The van der Waals surface area contributed by atoms with Gasteiger partial charge in [-0.05, 0) is 29.8 Å². The fourth-order valence-corrected chi connectivity index (χ4v) is 3.48. The fourth-order valence-electron chi connectivity index (χ4n) is 2.03. The van der Waals surface area contributed by atoms with Gasteiger partial charge in [0.25, 0.3) is 0 Å². The third-order valence-corrected chi connectivity index (χ3v) is 5.00. The molecule has 0 radical (unpaired) electrons. The Bertz CT molecular complexity index is 803. The quantitative estimate of drug-likeness (QED) is 0.777. The van der Waals surface area contributed by atoms with Crippen molar-refractivity contribution < 1.29 is 9.32 Å². The van der Waals surface area contributed by atoms with Crippen molar-refractivity contribution in [3.05, 3.63) is 50.5 Å². The Labute approximate surface area is 134 Å². The summed E-state index contributed by atoms with van der Waals surface area (Å²) in [5, 5.41) is 10.4. The Hall–Kier alpha value is -2.19. The second-order valence-electron chi connectivity index (χ2n) is 4.64. The number of aromatic nitrogens is 2. The molecule has 3 aromatic heterocycles. The number of carbonyl (C=O) groups is 1. The number of hydrogen-bond acceptors (Lipinski definition) is 6. The minimum Gasteiger partial charge on any atom is -0.347 e. The van der Waals surface area contributed by atoms with Crippen molar-refractivity contribution in [2.45, 2.75) is 19.5 Å². The van der Waals surface area contributed by atoms with Crippen molar-refractivity contribution in [3.8, 4) is 10.7 Å². The van der Waals surface area contributed by atoms with Gasteiger partial charge in [-0.1, -0.05) is 17.3 Å². The molecule has 1 atom stereocenters. The number of thiophene rings is 2. The van der Waals surface area contributed by atoms with Crippen molar-refractivity contribution in [2.75, 3.05) is 0 Å². The zero-order valence-electron chi connectivity index (χ0n) is 11.7. The summed E-state index contributed by atoms with van der Waals surface area (Å²) in [4.78, 5) is 25.7. The Balaban J connectivity index is 1.75. The van der Waals surface area contributed by atoms with Gasteiger partial charge in [-0.3, -0.25) is 9.32 Å². The largest absolute Gasteiger partial charge is 0.442 e. The third-order valence-electron chi connectivity index (χ3n) is 3.08. The average Bonchev–Trinajstić information content (AvgIpc) is 3.21. The molecule has 0 aromatic carbocycles. The molecule has 0 saturated heterocycles. The van der Waals surface area contributed by atoms with Crippen LogP contribution in [0.3, 0.4) is 0 Å². The van der Waals surface area contributed by atoms with Crippen LogP contribution < -0.4 is 11.1 Å². The molecule has 3 rings (SSSR count). The Kier molecular flexibility index (Phi) is 4.21. The maximum absolute atomic E-state index is 12.2. The molecule has 3 aromatic rings. The monoisotopic (exact) mass is 335 g/mol. The van der Waals surface area contributed by atoms with E-state index in [2.05, 4.69) is 15.0 Å². The van der Waals surface area contributed by atoms with E-state index in [1.54, 1.807) is 11.3 Å². The van der Waals surface area contributed by atoms with Gasteiger partial charge in [0.1, 0.15) is 6.54 Å². The highest BCUT2D eigenvalue weighted by molar-refractivity contribution is 7.13. The lowest BCUT2D eigenvalue weighted by Gasteiger charge is -2.12. The third kappa shape index (κ3) is 3.02. The Morgan fingerprint density at radius 1 is 1.36 bits per heavy atom. The first kappa shape index (κ1) is 14.7. The first-order valence-corrected chi connectivity index (χ1v) is 8.34. The van der Waals surface area contributed by atoms with Crippen LogP contribution in [-0.4, -0.2) is 15.6 Å². The second-order valence-corrected chi connectivity index (χ2v) is 6.57. The highest BCUT2D eigenvalue weighted by Gasteiger charge is 2.18. The van der Waals surface area contributed by atoms with Crippen molar-refractivity contribution in [2.24, 2.45) is 0 Å². The van der Waals surface area contributed by atoms with Crippen molar-refractivity contribution in [3.63, 3.8) is 0 Å². The lowest BCUT2D eigenvalue weighted by molar-refractivity contribution is -0.122. The molecule has 1 amide bonds. The molecule has 0 aliphatic rings. The van der Waals surface area contributed by atoms with E-state index >= 15 is 0 Å². The SMILES string of the molecule is C[C@H](NC(=O)Cn1c(-c2cccs2)noc1=O)c1cccs1. The first-order valence-electron chi connectivity index (χ1n) is 6.58. The molecule has 3 heterocycles. The summed E-state index contributed by atoms with van der Waals surface area (Å²) in [7, 11) is 0. The number of rotatable bonds is 5. The molecule has 22 heavy (non-hydrogen) atoms. The fraction of sp³-hybridized carbons (Fsp3) is 0.214. The molecule has 0 spiro atoms. The van der Waals surface area contributed by atoms with Crippen LogP contribution in [0.2, 0.25) is 0 Å². The van der Waals surface area contributed by atoms with Gasteiger partial charge in [0.2, 0.25) is 5.91 Å². The van der Waals surface area contributed by atoms with Gasteiger partial charge in [0.05, 0.1) is 10.9 Å². The number of amides is 1. The normalized spacial score (nSPS) is 12.2. The van der Waals surface area contributed by atoms with Crippen LogP contribution in [0, 0.1) is 0 Å². The summed E-state index contributed by atoms with van der Waals surface area (Å²) in [6, 6.07) is 7.46. The van der Waals surface area contributed by atoms with Gasteiger partial charge < -0.3 is 5.32 Å². The van der Waals surface area contributed by atoms with Gasteiger partial charge in [-0.25, -0.2) is 9.36 Å². The minimum atomic E-state index is -0.637. The van der Waals surface area contributed by atoms with Gasteiger partial charge in [0.15, 0.2) is 5.82 Å². The van der Waals surface area contributed by atoms with Gasteiger partial charge >= 0.3 is 5.76 Å². The molecule has 0 saturated carbocycles. The average molecular weight is 335 g/mol. The van der Waals surface area contributed by atoms with Crippen molar-refractivity contribution in [1.29, 1.82) is 0 Å². The highest BCUT2D eigenvalue weighted by atomic mass is 32.1. The summed E-state index contributed by atoms with van der Waals surface area (Å²) in [5.41, 5.74) is 0. The van der Waals surface area contributed by atoms with Crippen molar-refractivity contribution in [1.82, 2.24) is 15.0 Å². The van der Waals surface area contributed by atoms with Crippen LogP contribution in [-0.2, 0) is 11.3 Å². The summed E-state index contributed by atoms with van der Waals surface area (Å²) in [6.45, 7) is 1.78. The predicted molar refractivity (Wildman–Crippen MR) is 85.0 cm³/mol. The van der Waals surface area contributed by atoms with Crippen LogP contribution >= 0.6 is 22.7 Å². The van der Waals surface area contributed by atoms with E-state index in [1.165, 1.54) is 15.9 Å². The van der Waals surface area contributed by atoms with E-state index in [1.807, 2.05) is 41.9 Å². The van der Waals surface area contributed by atoms with Gasteiger partial charge in [-0.15, -0.1) is 22.7 Å². The Morgan fingerprint density at radius 2 is 2.14 bits per heavy atom. The molecule has 0 aliphatic heterocycles. The van der Waals surface area contributed by atoms with Gasteiger partial charge in [-0.2, -0.15) is 0 Å². The summed E-state index contributed by atoms with van der Waals surface area (Å²) >= 11 is 3.00. The molecular formula is C14H13N3O3S2. The second kappa shape index (κ2) is 6.29. The summed E-state index contributed by atoms with van der Waals surface area (Å²) in [6.07, 6.45) is 0. The van der Waals surface area contributed by atoms with Crippen LogP contribution in [0.1, 0.15) is 17.8 Å². The number of nitrogens with zero attached hydrogens (tertiary/aromatic N) is 2. The molecule has 0 bridgehead atoms. The van der Waals surface area contributed by atoms with E-state index in [0.29, 0.717) is 5.82 Å². The minimum absolute atomic E-state index is 0.103. The van der Waals surface area contributed by atoms with Crippen LogP contribution in [0.4, 0.5) is 0 Å². The zero-order valence-corrected chi connectivity index (χ0v) is 13.3. The molecule has 6 nitrogen and oxygen atoms in total. The predicted octanol–water partition coefficient (Wildman–Crippen LogP) is 2.50. The van der Waals surface area contributed by atoms with Crippen LogP contribution in [0.25, 0.3) is 10.7 Å². The molecule has 8 heteroatoms. The molecule has 1 N–H and O–H groups in total. The Morgan fingerprint density at radius 3 is 2.82 bits per heavy atom. The summed E-state index contributed by atoms with van der Waals surface area (Å²) in [5.74, 6) is -0.523. The van der Waals surface area contributed by atoms with Crippen LogP contribution in [0.5, 0.6) is 0 Å². The molecule has 0 aliphatic carbocycles. The molecule has 114 valence electrons. The summed E-state index contributed by atoms with van der Waals surface area (Å²) < 4.78 is 5.92. The standard InChI is InChI=1S/C14H13N3O3S2/c1-9(10-4-2-6-21-10)15-12(18)8-17-13(16-20-14(17)19)11-5-3-7-22-11/h2-7,9H,8H2,1H3,(H,15,18)/t9-/m0/s1. The molecule has 0 unspecified atom stereocenters. The van der Waals surface area contributed by atoms with E-state index in [4.69, 9.17) is 0 Å². The topological polar surface area (TPSA) is 77.1 Å². The zero-order chi connectivity index (χ0) is 15.5. The number of nitrogens with one attached hydrogen (secondary N) is 1. The van der Waals surface area contributed by atoms with E-state index in [9.17, 15) is 9.59 Å². The van der Waals surface area contributed by atoms with E-state index < -0.39 is 5.76 Å². The highest BCUT2D eigenvalue weighted by Crippen LogP contribution is 2.22. The van der Waals surface area contributed by atoms with Gasteiger partial charge in [0, 0.05) is 4.88 Å². The lowest BCUT2D eigenvalue weighted by Crippen LogP contribution is -2.32. The van der Waals surface area contributed by atoms with E-state index in [-0.39, 0.29) is 18.5 Å².